The molecule has 0 aromatic heterocycles. The van der Waals surface area contributed by atoms with Crippen molar-refractivity contribution in [3.8, 4) is 0 Å². The molecule has 106 valence electrons. The molecule has 0 saturated heterocycles. The van der Waals surface area contributed by atoms with Crippen LogP contribution in [0.4, 0.5) is 5.69 Å². The highest BCUT2D eigenvalue weighted by molar-refractivity contribution is 7.99. The van der Waals surface area contributed by atoms with Crippen molar-refractivity contribution in [2.45, 2.75) is 42.9 Å². The first-order valence-electron chi connectivity index (χ1n) is 6.61. The SMILES string of the molecule is Cc1cc(N)c(Cl)cc1Sc1ccc(C(C)(C)C)cc1. The fraction of sp³-hybridized carbons (Fsp3) is 0.294. The molecule has 0 aliphatic rings. The molecule has 0 fully saturated rings. The monoisotopic (exact) mass is 305 g/mol. The lowest BCUT2D eigenvalue weighted by molar-refractivity contribution is 0.590. The van der Waals surface area contributed by atoms with E-state index < -0.39 is 0 Å². The summed E-state index contributed by atoms with van der Waals surface area (Å²) >= 11 is 7.82. The summed E-state index contributed by atoms with van der Waals surface area (Å²) < 4.78 is 0. The van der Waals surface area contributed by atoms with Gasteiger partial charge in [-0.15, -0.1) is 0 Å². The number of hydrogen-bond acceptors (Lipinski definition) is 2. The Morgan fingerprint density at radius 2 is 1.65 bits per heavy atom. The molecular weight excluding hydrogens is 286 g/mol. The first kappa shape index (κ1) is 15.3. The van der Waals surface area contributed by atoms with Crippen molar-refractivity contribution in [1.29, 1.82) is 0 Å². The topological polar surface area (TPSA) is 26.0 Å². The van der Waals surface area contributed by atoms with Gasteiger partial charge in [-0.2, -0.15) is 0 Å². The highest BCUT2D eigenvalue weighted by Crippen LogP contribution is 2.35. The van der Waals surface area contributed by atoms with Gasteiger partial charge in [0.25, 0.3) is 0 Å². The molecule has 0 heterocycles. The second kappa shape index (κ2) is 5.71. The van der Waals surface area contributed by atoms with Crippen LogP contribution in [-0.2, 0) is 5.41 Å². The van der Waals surface area contributed by atoms with Crippen LogP contribution < -0.4 is 5.73 Å². The molecule has 2 N–H and O–H groups in total. The molecule has 2 aromatic carbocycles. The average Bonchev–Trinajstić information content (AvgIpc) is 2.35. The molecule has 0 atom stereocenters. The van der Waals surface area contributed by atoms with Crippen molar-refractivity contribution < 1.29 is 0 Å². The van der Waals surface area contributed by atoms with Crippen molar-refractivity contribution in [3.63, 3.8) is 0 Å². The normalized spacial score (nSPS) is 11.7. The Morgan fingerprint density at radius 3 is 2.20 bits per heavy atom. The predicted molar refractivity (Wildman–Crippen MR) is 89.9 cm³/mol. The third-order valence-electron chi connectivity index (χ3n) is 3.24. The van der Waals surface area contributed by atoms with Gasteiger partial charge in [-0.25, -0.2) is 0 Å². The smallest absolute Gasteiger partial charge is 0.0646 e. The Bertz CT molecular complexity index is 612. The van der Waals surface area contributed by atoms with Gasteiger partial charge in [0.05, 0.1) is 10.7 Å². The minimum absolute atomic E-state index is 0.184. The number of nitrogens with two attached hydrogens (primary N) is 1. The number of halogens is 1. The zero-order chi connectivity index (χ0) is 14.9. The predicted octanol–water partition coefficient (Wildman–Crippen LogP) is 5.68. The maximum absolute atomic E-state index is 6.10. The quantitative estimate of drug-likeness (QED) is 0.722. The van der Waals surface area contributed by atoms with Gasteiger partial charge in [-0.3, -0.25) is 0 Å². The van der Waals surface area contributed by atoms with Crippen LogP contribution in [0.2, 0.25) is 5.02 Å². The fourth-order valence-corrected chi connectivity index (χ4v) is 3.10. The van der Waals surface area contributed by atoms with E-state index in [0.717, 1.165) is 10.5 Å². The molecule has 0 radical (unpaired) electrons. The molecule has 2 aromatic rings. The number of aryl methyl sites for hydroxylation is 1. The second-order valence-corrected chi connectivity index (χ2v) is 7.54. The van der Waals surface area contributed by atoms with Crippen molar-refractivity contribution in [2.24, 2.45) is 0 Å². The lowest BCUT2D eigenvalue weighted by atomic mass is 9.87. The van der Waals surface area contributed by atoms with Gasteiger partial charge >= 0.3 is 0 Å². The summed E-state index contributed by atoms with van der Waals surface area (Å²) in [5, 5.41) is 0.615. The van der Waals surface area contributed by atoms with E-state index >= 15 is 0 Å². The van der Waals surface area contributed by atoms with Gasteiger partial charge < -0.3 is 5.73 Å². The first-order valence-corrected chi connectivity index (χ1v) is 7.81. The van der Waals surface area contributed by atoms with E-state index in [0.29, 0.717) is 10.7 Å². The summed E-state index contributed by atoms with van der Waals surface area (Å²) in [6, 6.07) is 12.6. The maximum Gasteiger partial charge on any atom is 0.0646 e. The van der Waals surface area contributed by atoms with E-state index in [2.05, 4.69) is 52.0 Å². The largest absolute Gasteiger partial charge is 0.398 e. The van der Waals surface area contributed by atoms with E-state index in [1.807, 2.05) is 12.1 Å². The summed E-state index contributed by atoms with van der Waals surface area (Å²) in [5.74, 6) is 0. The van der Waals surface area contributed by atoms with Gasteiger partial charge in [0.15, 0.2) is 0 Å². The molecule has 0 aliphatic carbocycles. The minimum atomic E-state index is 0.184. The molecule has 0 saturated carbocycles. The van der Waals surface area contributed by atoms with E-state index in [9.17, 15) is 0 Å². The Balaban J connectivity index is 2.25. The molecule has 3 heteroatoms. The Kier molecular flexibility index (Phi) is 4.36. The zero-order valence-corrected chi connectivity index (χ0v) is 13.9. The third-order valence-corrected chi connectivity index (χ3v) is 4.74. The molecule has 1 nitrogen and oxygen atoms in total. The van der Waals surface area contributed by atoms with Gasteiger partial charge in [-0.05, 0) is 47.7 Å². The number of anilines is 1. The molecule has 0 aliphatic heterocycles. The molecule has 2 rings (SSSR count). The van der Waals surface area contributed by atoms with Crippen LogP contribution in [-0.4, -0.2) is 0 Å². The van der Waals surface area contributed by atoms with Crippen LogP contribution in [0.1, 0.15) is 31.9 Å². The standard InChI is InChI=1S/C17H20ClNS/c1-11-9-15(19)14(18)10-16(11)20-13-7-5-12(6-8-13)17(2,3)4/h5-10H,19H2,1-4H3. The highest BCUT2D eigenvalue weighted by Gasteiger charge is 2.13. The number of nitrogen functional groups attached to an aromatic ring is 1. The van der Waals surface area contributed by atoms with Gasteiger partial charge in [-0.1, -0.05) is 56.3 Å². The second-order valence-electron chi connectivity index (χ2n) is 6.02. The molecule has 20 heavy (non-hydrogen) atoms. The highest BCUT2D eigenvalue weighted by atomic mass is 35.5. The fourth-order valence-electron chi connectivity index (χ4n) is 1.95. The number of benzene rings is 2. The van der Waals surface area contributed by atoms with Gasteiger partial charge in [0.2, 0.25) is 0 Å². The summed E-state index contributed by atoms with van der Waals surface area (Å²) in [4.78, 5) is 2.36. The molecule has 0 spiro atoms. The molecule has 0 bridgehead atoms. The summed E-state index contributed by atoms with van der Waals surface area (Å²) in [5.41, 5.74) is 9.12. The Labute approximate surface area is 130 Å². The van der Waals surface area contributed by atoms with Crippen molar-refractivity contribution in [1.82, 2.24) is 0 Å². The van der Waals surface area contributed by atoms with E-state index in [1.54, 1.807) is 11.8 Å². The van der Waals surface area contributed by atoms with Crippen LogP contribution in [0.25, 0.3) is 0 Å². The molecular formula is C17H20ClNS. The lowest BCUT2D eigenvalue weighted by Gasteiger charge is -2.19. The first-order chi connectivity index (χ1) is 9.27. The van der Waals surface area contributed by atoms with Crippen LogP contribution in [0.5, 0.6) is 0 Å². The summed E-state index contributed by atoms with van der Waals surface area (Å²) in [6.45, 7) is 8.72. The number of rotatable bonds is 2. The summed E-state index contributed by atoms with van der Waals surface area (Å²) in [7, 11) is 0. The van der Waals surface area contributed by atoms with Crippen LogP contribution >= 0.6 is 23.4 Å². The van der Waals surface area contributed by atoms with E-state index in [-0.39, 0.29) is 5.41 Å². The van der Waals surface area contributed by atoms with E-state index in [1.165, 1.54) is 10.5 Å². The van der Waals surface area contributed by atoms with Crippen LogP contribution in [0.15, 0.2) is 46.2 Å². The van der Waals surface area contributed by atoms with E-state index in [4.69, 9.17) is 17.3 Å². The lowest BCUT2D eigenvalue weighted by Crippen LogP contribution is -2.10. The van der Waals surface area contributed by atoms with Crippen molar-refractivity contribution in [3.05, 3.63) is 52.5 Å². The maximum atomic E-state index is 6.10. The molecule has 0 unspecified atom stereocenters. The zero-order valence-electron chi connectivity index (χ0n) is 12.3. The van der Waals surface area contributed by atoms with Gasteiger partial charge in [0.1, 0.15) is 0 Å². The minimum Gasteiger partial charge on any atom is -0.398 e. The summed E-state index contributed by atoms with van der Waals surface area (Å²) in [6.07, 6.45) is 0. The Morgan fingerprint density at radius 1 is 1.05 bits per heavy atom. The van der Waals surface area contributed by atoms with Crippen molar-refractivity contribution in [2.75, 3.05) is 5.73 Å². The third kappa shape index (κ3) is 3.50. The average molecular weight is 306 g/mol. The van der Waals surface area contributed by atoms with Gasteiger partial charge in [0, 0.05) is 9.79 Å². The number of hydrogen-bond donors (Lipinski definition) is 1. The molecule has 0 amide bonds. The van der Waals surface area contributed by atoms with Crippen LogP contribution in [0.3, 0.4) is 0 Å². The Hall–Kier alpha value is -1.12. The van der Waals surface area contributed by atoms with Crippen molar-refractivity contribution >= 4 is 29.1 Å². The van der Waals surface area contributed by atoms with Crippen LogP contribution in [0, 0.1) is 6.92 Å².